The Hall–Kier alpha value is -4.29. The maximum Gasteiger partial charge on any atom is 0.412 e. The Morgan fingerprint density at radius 2 is 1.81 bits per heavy atom. The molecule has 3 rings (SSSR count). The predicted molar refractivity (Wildman–Crippen MR) is 142 cm³/mol. The number of rotatable bonds is 7. The van der Waals surface area contributed by atoms with Crippen molar-refractivity contribution in [3.8, 4) is 11.8 Å². The van der Waals surface area contributed by atoms with Gasteiger partial charge in [-0.05, 0) is 60.7 Å². The van der Waals surface area contributed by atoms with E-state index in [1.807, 2.05) is 6.07 Å². The van der Waals surface area contributed by atoms with Crippen molar-refractivity contribution in [1.82, 2.24) is 0 Å². The second-order valence-corrected chi connectivity index (χ2v) is 9.45. The van der Waals surface area contributed by atoms with Crippen molar-refractivity contribution >= 4 is 45.0 Å². The van der Waals surface area contributed by atoms with Gasteiger partial charge in [-0.15, -0.1) is 0 Å². The Bertz CT molecular complexity index is 1330. The van der Waals surface area contributed by atoms with Crippen LogP contribution in [0.4, 0.5) is 21.9 Å². The van der Waals surface area contributed by atoms with Crippen molar-refractivity contribution in [3.05, 3.63) is 94.5 Å². The van der Waals surface area contributed by atoms with Crippen molar-refractivity contribution in [2.75, 3.05) is 16.4 Å². The van der Waals surface area contributed by atoms with Crippen LogP contribution < -0.4 is 16.4 Å². The summed E-state index contributed by atoms with van der Waals surface area (Å²) >= 11 is 3.38. The summed E-state index contributed by atoms with van der Waals surface area (Å²) in [7, 11) is 0. The lowest BCUT2D eigenvalue weighted by molar-refractivity contribution is -0.112. The lowest BCUT2D eigenvalue weighted by atomic mass is 9.81. The van der Waals surface area contributed by atoms with E-state index in [2.05, 4.69) is 26.6 Å². The molecule has 3 aromatic rings. The summed E-state index contributed by atoms with van der Waals surface area (Å²) in [5.41, 5.74) is 7.10. The number of aromatic hydroxyl groups is 1. The second-order valence-electron chi connectivity index (χ2n) is 8.53. The Labute approximate surface area is 217 Å². The van der Waals surface area contributed by atoms with E-state index in [1.165, 1.54) is 12.1 Å². The maximum absolute atomic E-state index is 12.8. The Morgan fingerprint density at radius 1 is 1.11 bits per heavy atom. The van der Waals surface area contributed by atoms with Crippen molar-refractivity contribution in [3.63, 3.8) is 0 Å². The molecule has 9 heteroatoms. The van der Waals surface area contributed by atoms with E-state index in [0.717, 1.165) is 0 Å². The molecule has 0 saturated heterocycles. The molecule has 5 N–H and O–H groups in total. The lowest BCUT2D eigenvalue weighted by Crippen LogP contribution is -2.28. The first-order valence-electron chi connectivity index (χ1n) is 10.9. The molecule has 0 saturated carbocycles. The van der Waals surface area contributed by atoms with E-state index in [4.69, 9.17) is 15.7 Å². The zero-order valence-corrected chi connectivity index (χ0v) is 21.2. The normalized spacial score (nSPS) is 11.9. The van der Waals surface area contributed by atoms with E-state index >= 15 is 0 Å². The first-order valence-corrected chi connectivity index (χ1v) is 11.7. The van der Waals surface area contributed by atoms with E-state index in [1.54, 1.807) is 80.6 Å². The van der Waals surface area contributed by atoms with Gasteiger partial charge in [0.1, 0.15) is 11.9 Å². The molecular weight excluding hydrogens is 524 g/mol. The number of phenols is 1. The molecule has 0 bridgehead atoms. The fourth-order valence-corrected chi connectivity index (χ4v) is 3.78. The number of para-hydroxylation sites is 2. The fourth-order valence-electron chi connectivity index (χ4n) is 3.40. The van der Waals surface area contributed by atoms with Crippen LogP contribution in [-0.4, -0.2) is 17.1 Å². The number of phenolic OH excluding ortho intramolecular Hbond substituents is 1. The highest BCUT2D eigenvalue weighted by Gasteiger charge is 2.34. The lowest BCUT2D eigenvalue weighted by Gasteiger charge is -2.32. The summed E-state index contributed by atoms with van der Waals surface area (Å²) in [4.78, 5) is 25.4. The molecule has 0 aliphatic rings. The topological polar surface area (TPSA) is 137 Å². The van der Waals surface area contributed by atoms with Crippen molar-refractivity contribution in [2.24, 2.45) is 5.41 Å². The number of nitrogens with zero attached hydrogens (tertiary/aromatic N) is 1. The van der Waals surface area contributed by atoms with Crippen LogP contribution in [0.3, 0.4) is 0 Å². The number of ether oxygens (including phenoxy) is 1. The molecule has 0 unspecified atom stereocenters. The molecule has 0 aliphatic heterocycles. The summed E-state index contributed by atoms with van der Waals surface area (Å²) in [5, 5.41) is 24.8. The Kier molecular flexibility index (Phi) is 8.35. The molecule has 3 aromatic carbocycles. The van der Waals surface area contributed by atoms with Crippen LogP contribution in [0.2, 0.25) is 0 Å². The summed E-state index contributed by atoms with van der Waals surface area (Å²) in [5.74, 6) is -0.488. The third kappa shape index (κ3) is 6.87. The van der Waals surface area contributed by atoms with E-state index < -0.39 is 23.5 Å². The number of halogens is 1. The van der Waals surface area contributed by atoms with Gasteiger partial charge in [-0.1, -0.05) is 48.0 Å². The Balaban J connectivity index is 1.84. The molecule has 2 amide bonds. The molecule has 0 radical (unpaired) electrons. The highest BCUT2D eigenvalue weighted by atomic mass is 79.9. The molecule has 0 fully saturated rings. The van der Waals surface area contributed by atoms with E-state index in [-0.39, 0.29) is 5.75 Å². The van der Waals surface area contributed by atoms with E-state index in [9.17, 15) is 14.7 Å². The highest BCUT2D eigenvalue weighted by Crippen LogP contribution is 2.42. The molecule has 0 aromatic heterocycles. The van der Waals surface area contributed by atoms with Gasteiger partial charge in [0.05, 0.1) is 23.0 Å². The Morgan fingerprint density at radius 3 is 2.47 bits per heavy atom. The van der Waals surface area contributed by atoms with Gasteiger partial charge in [-0.25, -0.2) is 4.79 Å². The van der Waals surface area contributed by atoms with Crippen LogP contribution in [0.1, 0.15) is 31.1 Å². The smallest absolute Gasteiger partial charge is 0.412 e. The zero-order valence-electron chi connectivity index (χ0n) is 19.7. The van der Waals surface area contributed by atoms with Crippen molar-refractivity contribution in [2.45, 2.75) is 20.0 Å². The first-order chi connectivity index (χ1) is 17.1. The van der Waals surface area contributed by atoms with Gasteiger partial charge in [-0.2, -0.15) is 5.26 Å². The van der Waals surface area contributed by atoms with Gasteiger partial charge in [-0.3, -0.25) is 10.1 Å². The zero-order chi connectivity index (χ0) is 26.3. The van der Waals surface area contributed by atoms with Gasteiger partial charge in [0, 0.05) is 21.1 Å². The molecule has 36 heavy (non-hydrogen) atoms. The van der Waals surface area contributed by atoms with Gasteiger partial charge in [0.15, 0.2) is 0 Å². The standard InChI is InChI=1S/C27H25BrN4O4/c1-27(2,14-13-24(34)32-22-6-4-3-5-21(22)30)25(20-15-18(28)9-12-23(20)33)36-26(35)31-19-10-7-17(16-29)8-11-19/h3-15,25,33H,30H2,1-2H3,(H,31,35)(H,32,34)/b14-13+/t25-/m0/s1. The second kappa shape index (κ2) is 11.4. The van der Waals surface area contributed by atoms with Gasteiger partial charge < -0.3 is 20.9 Å². The van der Waals surface area contributed by atoms with Gasteiger partial charge in [0.2, 0.25) is 5.91 Å². The molecular formula is C27H25BrN4O4. The first kappa shape index (κ1) is 26.3. The van der Waals surface area contributed by atoms with Crippen LogP contribution in [0.5, 0.6) is 5.75 Å². The maximum atomic E-state index is 12.8. The summed E-state index contributed by atoms with van der Waals surface area (Å²) in [6, 6.07) is 20.0. The number of nitriles is 1. The quantitative estimate of drug-likeness (QED) is 0.207. The van der Waals surface area contributed by atoms with Gasteiger partial charge in [0.25, 0.3) is 0 Å². The number of anilines is 3. The number of benzene rings is 3. The number of amides is 2. The molecule has 1 atom stereocenters. The number of carbonyl (C=O) groups excluding carboxylic acids is 2. The molecule has 0 aliphatic carbocycles. The van der Waals surface area contributed by atoms with Crippen LogP contribution in [-0.2, 0) is 9.53 Å². The third-order valence-electron chi connectivity index (χ3n) is 5.32. The number of nitrogen functional groups attached to an aromatic ring is 1. The van der Waals surface area contributed by atoms with Crippen molar-refractivity contribution < 1.29 is 19.4 Å². The largest absolute Gasteiger partial charge is 0.508 e. The minimum Gasteiger partial charge on any atom is -0.508 e. The average molecular weight is 549 g/mol. The predicted octanol–water partition coefficient (Wildman–Crippen LogP) is 6.12. The van der Waals surface area contributed by atoms with Gasteiger partial charge >= 0.3 is 6.09 Å². The van der Waals surface area contributed by atoms with Crippen LogP contribution >= 0.6 is 15.9 Å². The fraction of sp³-hybridized carbons (Fsp3) is 0.148. The monoisotopic (exact) mass is 548 g/mol. The molecule has 0 spiro atoms. The van der Waals surface area contributed by atoms with Crippen molar-refractivity contribution in [1.29, 1.82) is 5.26 Å². The molecule has 184 valence electrons. The summed E-state index contributed by atoms with van der Waals surface area (Å²) < 4.78 is 6.44. The van der Waals surface area contributed by atoms with Crippen LogP contribution in [0, 0.1) is 16.7 Å². The summed E-state index contributed by atoms with van der Waals surface area (Å²) in [6.45, 7) is 3.54. The highest BCUT2D eigenvalue weighted by molar-refractivity contribution is 9.10. The SMILES string of the molecule is CC(C)(/C=C/C(=O)Nc1ccccc1N)[C@@H](OC(=O)Nc1ccc(C#N)cc1)c1cc(Br)ccc1O. The number of hydrogen-bond acceptors (Lipinski definition) is 6. The number of carbonyl (C=O) groups is 2. The number of hydrogen-bond donors (Lipinski definition) is 4. The van der Waals surface area contributed by atoms with Crippen LogP contribution in [0.25, 0.3) is 0 Å². The number of nitrogens with two attached hydrogens (primary N) is 1. The van der Waals surface area contributed by atoms with Crippen LogP contribution in [0.15, 0.2) is 83.4 Å². The minimum atomic E-state index is -0.973. The number of nitrogens with one attached hydrogen (secondary N) is 2. The summed E-state index contributed by atoms with van der Waals surface area (Å²) in [6.07, 6.45) is 1.18. The third-order valence-corrected chi connectivity index (χ3v) is 5.81. The minimum absolute atomic E-state index is 0.0719. The molecule has 8 nitrogen and oxygen atoms in total. The average Bonchev–Trinajstić information content (AvgIpc) is 2.85. The molecule has 0 heterocycles. The van der Waals surface area contributed by atoms with E-state index in [0.29, 0.717) is 32.7 Å².